The molecule has 1 aliphatic carbocycles. The SMILES string of the molecule is c1ccc(C[S+](Cc2ccccc2)C2CCCC2)cc1. The van der Waals surface area contributed by atoms with Crippen LogP contribution in [0.4, 0.5) is 0 Å². The van der Waals surface area contributed by atoms with Crippen molar-refractivity contribution in [2.45, 2.75) is 42.4 Å². The molecule has 1 aliphatic rings. The summed E-state index contributed by atoms with van der Waals surface area (Å²) < 4.78 is 0. The fourth-order valence-electron chi connectivity index (χ4n) is 3.09. The van der Waals surface area contributed by atoms with Crippen LogP contribution >= 0.6 is 0 Å². The highest BCUT2D eigenvalue weighted by Gasteiger charge is 2.33. The number of rotatable bonds is 5. The van der Waals surface area contributed by atoms with Crippen molar-refractivity contribution < 1.29 is 0 Å². The van der Waals surface area contributed by atoms with Gasteiger partial charge in [0.1, 0.15) is 16.8 Å². The van der Waals surface area contributed by atoms with E-state index in [9.17, 15) is 0 Å². The van der Waals surface area contributed by atoms with E-state index in [0.717, 1.165) is 5.25 Å². The molecule has 0 aromatic heterocycles. The average molecular weight is 283 g/mol. The summed E-state index contributed by atoms with van der Waals surface area (Å²) in [6.07, 6.45) is 5.78. The second-order valence-corrected chi connectivity index (χ2v) is 8.02. The lowest BCUT2D eigenvalue weighted by molar-refractivity contribution is 0.886. The third-order valence-corrected chi connectivity index (χ3v) is 6.99. The van der Waals surface area contributed by atoms with Crippen molar-refractivity contribution in [2.24, 2.45) is 0 Å². The fourth-order valence-corrected chi connectivity index (χ4v) is 5.90. The smallest absolute Gasteiger partial charge is 0.0622 e. The molecule has 1 saturated carbocycles. The largest absolute Gasteiger partial charge is 0.133 e. The maximum absolute atomic E-state index is 2.29. The van der Waals surface area contributed by atoms with E-state index in [1.165, 1.54) is 48.3 Å². The average Bonchev–Trinajstić information content (AvgIpc) is 3.03. The Morgan fingerprint density at radius 2 is 1.15 bits per heavy atom. The summed E-state index contributed by atoms with van der Waals surface area (Å²) in [5.41, 5.74) is 3.03. The van der Waals surface area contributed by atoms with Gasteiger partial charge in [0, 0.05) is 11.1 Å². The Kier molecular flexibility index (Phi) is 4.81. The molecule has 0 nitrogen and oxygen atoms in total. The summed E-state index contributed by atoms with van der Waals surface area (Å²) in [5, 5.41) is 0.954. The third kappa shape index (κ3) is 3.67. The molecule has 0 unspecified atom stereocenters. The normalized spacial score (nSPS) is 15.8. The highest BCUT2D eigenvalue weighted by atomic mass is 32.2. The molecule has 3 rings (SSSR count). The first kappa shape index (κ1) is 13.8. The Labute approximate surface area is 125 Å². The molecule has 0 radical (unpaired) electrons. The van der Waals surface area contributed by atoms with E-state index in [0.29, 0.717) is 10.9 Å². The Balaban J connectivity index is 1.73. The van der Waals surface area contributed by atoms with Gasteiger partial charge in [-0.2, -0.15) is 0 Å². The molecule has 1 heteroatoms. The molecule has 0 saturated heterocycles. The summed E-state index contributed by atoms with van der Waals surface area (Å²) in [5.74, 6) is 2.53. The van der Waals surface area contributed by atoms with Crippen molar-refractivity contribution in [2.75, 3.05) is 0 Å². The standard InChI is InChI=1S/C19H23S/c1-3-9-17(10-4-1)15-20(19-13-7-8-14-19)16-18-11-5-2-6-12-18/h1-6,9-12,19H,7-8,13-16H2/q+1. The third-order valence-electron chi connectivity index (χ3n) is 4.16. The Hall–Kier alpha value is -1.21. The van der Waals surface area contributed by atoms with Crippen LogP contribution in [0.1, 0.15) is 36.8 Å². The van der Waals surface area contributed by atoms with Crippen LogP contribution in [0, 0.1) is 0 Å². The summed E-state index contributed by atoms with van der Waals surface area (Å²) in [6, 6.07) is 22.1. The van der Waals surface area contributed by atoms with Crippen LogP contribution in [-0.2, 0) is 22.4 Å². The van der Waals surface area contributed by atoms with Crippen molar-refractivity contribution in [3.05, 3.63) is 71.8 Å². The predicted molar refractivity (Wildman–Crippen MR) is 89.9 cm³/mol. The van der Waals surface area contributed by atoms with Gasteiger partial charge in [-0.3, -0.25) is 0 Å². The molecular weight excluding hydrogens is 260 g/mol. The van der Waals surface area contributed by atoms with Gasteiger partial charge < -0.3 is 0 Å². The van der Waals surface area contributed by atoms with Gasteiger partial charge in [0.25, 0.3) is 0 Å². The zero-order valence-electron chi connectivity index (χ0n) is 12.0. The van der Waals surface area contributed by atoms with Gasteiger partial charge in [-0.05, 0) is 36.6 Å². The van der Waals surface area contributed by atoms with E-state index in [1.807, 2.05) is 0 Å². The monoisotopic (exact) mass is 283 g/mol. The minimum absolute atomic E-state index is 0.498. The van der Waals surface area contributed by atoms with Crippen molar-refractivity contribution in [1.29, 1.82) is 0 Å². The lowest BCUT2D eigenvalue weighted by Gasteiger charge is -2.15. The molecule has 2 aromatic carbocycles. The second-order valence-electron chi connectivity index (χ2n) is 5.70. The van der Waals surface area contributed by atoms with Crippen molar-refractivity contribution >= 4 is 10.9 Å². The summed E-state index contributed by atoms with van der Waals surface area (Å²) in [4.78, 5) is 0. The molecule has 0 N–H and O–H groups in total. The summed E-state index contributed by atoms with van der Waals surface area (Å²) in [6.45, 7) is 0. The lowest BCUT2D eigenvalue weighted by Crippen LogP contribution is -2.22. The molecule has 0 spiro atoms. The quantitative estimate of drug-likeness (QED) is 0.681. The minimum atomic E-state index is 0.498. The highest BCUT2D eigenvalue weighted by Crippen LogP contribution is 2.31. The van der Waals surface area contributed by atoms with Gasteiger partial charge >= 0.3 is 0 Å². The Morgan fingerprint density at radius 3 is 1.60 bits per heavy atom. The second kappa shape index (κ2) is 6.99. The molecule has 0 aliphatic heterocycles. The predicted octanol–water partition coefficient (Wildman–Crippen LogP) is 4.95. The Bertz CT molecular complexity index is 458. The maximum atomic E-state index is 2.29. The first-order chi connectivity index (χ1) is 9.92. The van der Waals surface area contributed by atoms with E-state index < -0.39 is 0 Å². The van der Waals surface area contributed by atoms with Crippen LogP contribution in [-0.4, -0.2) is 5.25 Å². The minimum Gasteiger partial charge on any atom is -0.0622 e. The molecule has 2 aromatic rings. The van der Waals surface area contributed by atoms with E-state index in [1.54, 1.807) is 0 Å². The lowest BCUT2D eigenvalue weighted by atomic mass is 10.2. The molecule has 1 fully saturated rings. The van der Waals surface area contributed by atoms with Crippen molar-refractivity contribution in [3.63, 3.8) is 0 Å². The summed E-state index contributed by atoms with van der Waals surface area (Å²) >= 11 is 0. The van der Waals surface area contributed by atoms with Gasteiger partial charge in [-0.25, -0.2) is 0 Å². The summed E-state index contributed by atoms with van der Waals surface area (Å²) in [7, 11) is 0.498. The van der Waals surface area contributed by atoms with Crippen molar-refractivity contribution in [3.8, 4) is 0 Å². The van der Waals surface area contributed by atoms with Gasteiger partial charge in [0.15, 0.2) is 0 Å². The van der Waals surface area contributed by atoms with Crippen LogP contribution in [0.15, 0.2) is 60.7 Å². The van der Waals surface area contributed by atoms with Crippen LogP contribution in [0.3, 0.4) is 0 Å². The Morgan fingerprint density at radius 1 is 0.700 bits per heavy atom. The van der Waals surface area contributed by atoms with Gasteiger partial charge in [-0.1, -0.05) is 60.7 Å². The van der Waals surface area contributed by atoms with Crippen LogP contribution in [0.5, 0.6) is 0 Å². The number of hydrogen-bond acceptors (Lipinski definition) is 0. The first-order valence-corrected chi connectivity index (χ1v) is 9.28. The van der Waals surface area contributed by atoms with E-state index in [4.69, 9.17) is 0 Å². The zero-order chi connectivity index (χ0) is 13.6. The topological polar surface area (TPSA) is 0 Å². The van der Waals surface area contributed by atoms with Crippen LogP contribution in [0.2, 0.25) is 0 Å². The van der Waals surface area contributed by atoms with Crippen molar-refractivity contribution in [1.82, 2.24) is 0 Å². The molecule has 0 amide bonds. The van der Waals surface area contributed by atoms with E-state index in [2.05, 4.69) is 60.7 Å². The molecule has 0 heterocycles. The van der Waals surface area contributed by atoms with E-state index >= 15 is 0 Å². The van der Waals surface area contributed by atoms with Crippen LogP contribution < -0.4 is 0 Å². The first-order valence-electron chi connectivity index (χ1n) is 7.66. The molecular formula is C19H23S+. The number of benzene rings is 2. The van der Waals surface area contributed by atoms with Gasteiger partial charge in [0.2, 0.25) is 0 Å². The highest BCUT2D eigenvalue weighted by molar-refractivity contribution is 7.96. The molecule has 0 atom stereocenters. The number of hydrogen-bond donors (Lipinski definition) is 0. The molecule has 20 heavy (non-hydrogen) atoms. The van der Waals surface area contributed by atoms with Gasteiger partial charge in [0.05, 0.1) is 0 Å². The zero-order valence-corrected chi connectivity index (χ0v) is 12.8. The fraction of sp³-hybridized carbons (Fsp3) is 0.368. The van der Waals surface area contributed by atoms with E-state index in [-0.39, 0.29) is 0 Å². The molecule has 0 bridgehead atoms. The molecule has 104 valence electrons. The maximum Gasteiger partial charge on any atom is 0.133 e. The van der Waals surface area contributed by atoms with Gasteiger partial charge in [-0.15, -0.1) is 0 Å². The van der Waals surface area contributed by atoms with Crippen LogP contribution in [0.25, 0.3) is 0 Å².